The summed E-state index contributed by atoms with van der Waals surface area (Å²) in [5, 5.41) is 8.78. The fraction of sp³-hybridized carbons (Fsp3) is 0.588. The van der Waals surface area contributed by atoms with Gasteiger partial charge >= 0.3 is 5.97 Å². The highest BCUT2D eigenvalue weighted by Crippen LogP contribution is 2.32. The van der Waals surface area contributed by atoms with Crippen molar-refractivity contribution < 1.29 is 19.4 Å². The number of methoxy groups -OCH3 is 1. The van der Waals surface area contributed by atoms with Crippen LogP contribution in [0.15, 0.2) is 18.2 Å². The van der Waals surface area contributed by atoms with Gasteiger partial charge in [0.2, 0.25) is 0 Å². The van der Waals surface area contributed by atoms with Crippen molar-refractivity contribution in [2.75, 3.05) is 27.2 Å². The Balaban J connectivity index is 2.07. The molecule has 0 spiro atoms. The fourth-order valence-electron chi connectivity index (χ4n) is 2.74. The standard InChI is InChI=1S/C17H26N2O4/c1-19-9-7-13(8-10-19)23-16-11-12(3-5-15(16)22-2)14(18)4-6-17(20)21/h3,5,11,13-14H,4,6-10,18H2,1-2H3,(H,20,21). The van der Waals surface area contributed by atoms with Crippen LogP contribution in [0, 0.1) is 0 Å². The van der Waals surface area contributed by atoms with E-state index in [-0.39, 0.29) is 18.6 Å². The lowest BCUT2D eigenvalue weighted by atomic mass is 10.0. The average molecular weight is 322 g/mol. The molecule has 1 aliphatic heterocycles. The lowest BCUT2D eigenvalue weighted by Crippen LogP contribution is -2.35. The van der Waals surface area contributed by atoms with E-state index in [0.29, 0.717) is 17.9 Å². The van der Waals surface area contributed by atoms with Crippen molar-refractivity contribution in [3.05, 3.63) is 23.8 Å². The summed E-state index contributed by atoms with van der Waals surface area (Å²) in [6.07, 6.45) is 2.59. The zero-order chi connectivity index (χ0) is 16.8. The first-order valence-electron chi connectivity index (χ1n) is 8.00. The Kier molecular flexibility index (Phi) is 6.24. The Morgan fingerprint density at radius 2 is 2.09 bits per heavy atom. The predicted octanol–water partition coefficient (Wildman–Crippen LogP) is 2.03. The highest BCUT2D eigenvalue weighted by Gasteiger charge is 2.20. The molecule has 23 heavy (non-hydrogen) atoms. The maximum absolute atomic E-state index is 10.7. The largest absolute Gasteiger partial charge is 0.493 e. The summed E-state index contributed by atoms with van der Waals surface area (Å²) >= 11 is 0. The quantitative estimate of drug-likeness (QED) is 0.799. The second kappa shape index (κ2) is 8.17. The fourth-order valence-corrected chi connectivity index (χ4v) is 2.74. The van der Waals surface area contributed by atoms with Crippen molar-refractivity contribution in [2.24, 2.45) is 5.73 Å². The van der Waals surface area contributed by atoms with Gasteiger partial charge in [-0.15, -0.1) is 0 Å². The van der Waals surface area contributed by atoms with Crippen molar-refractivity contribution in [3.8, 4) is 11.5 Å². The lowest BCUT2D eigenvalue weighted by molar-refractivity contribution is -0.137. The number of ether oxygens (including phenoxy) is 2. The maximum Gasteiger partial charge on any atom is 0.303 e. The number of rotatable bonds is 7. The van der Waals surface area contributed by atoms with Gasteiger partial charge in [0.15, 0.2) is 11.5 Å². The molecule has 1 unspecified atom stereocenters. The molecule has 1 aromatic carbocycles. The van der Waals surface area contributed by atoms with Crippen LogP contribution in [0.5, 0.6) is 11.5 Å². The second-order valence-corrected chi connectivity index (χ2v) is 6.07. The Hall–Kier alpha value is -1.79. The number of likely N-dealkylation sites (tertiary alicyclic amines) is 1. The average Bonchev–Trinajstić information content (AvgIpc) is 2.54. The van der Waals surface area contributed by atoms with Crippen LogP contribution in [-0.2, 0) is 4.79 Å². The van der Waals surface area contributed by atoms with Crippen molar-refractivity contribution in [2.45, 2.75) is 37.8 Å². The number of hydrogen-bond donors (Lipinski definition) is 2. The van der Waals surface area contributed by atoms with E-state index < -0.39 is 5.97 Å². The summed E-state index contributed by atoms with van der Waals surface area (Å²) in [6, 6.07) is 5.26. The molecule has 0 radical (unpaired) electrons. The van der Waals surface area contributed by atoms with Gasteiger partial charge in [-0.25, -0.2) is 0 Å². The van der Waals surface area contributed by atoms with E-state index in [4.69, 9.17) is 20.3 Å². The molecule has 1 aliphatic rings. The van der Waals surface area contributed by atoms with Crippen LogP contribution in [0.4, 0.5) is 0 Å². The molecule has 6 heteroatoms. The predicted molar refractivity (Wildman–Crippen MR) is 87.9 cm³/mol. The summed E-state index contributed by atoms with van der Waals surface area (Å²) in [7, 11) is 3.72. The number of nitrogens with zero attached hydrogens (tertiary/aromatic N) is 1. The first kappa shape index (κ1) is 17.6. The van der Waals surface area contributed by atoms with E-state index in [1.807, 2.05) is 18.2 Å². The van der Waals surface area contributed by atoms with Gasteiger partial charge in [0.25, 0.3) is 0 Å². The Bertz CT molecular complexity index is 527. The minimum atomic E-state index is -0.836. The molecule has 1 saturated heterocycles. The van der Waals surface area contributed by atoms with E-state index >= 15 is 0 Å². The monoisotopic (exact) mass is 322 g/mol. The molecule has 1 fully saturated rings. The maximum atomic E-state index is 10.7. The van der Waals surface area contributed by atoms with Crippen molar-refractivity contribution >= 4 is 5.97 Å². The SMILES string of the molecule is COc1ccc(C(N)CCC(=O)O)cc1OC1CCN(C)CC1. The first-order valence-corrected chi connectivity index (χ1v) is 8.00. The van der Waals surface area contributed by atoms with Gasteiger partial charge in [-0.05, 0) is 44.0 Å². The van der Waals surface area contributed by atoms with E-state index in [0.717, 1.165) is 31.5 Å². The van der Waals surface area contributed by atoms with Crippen LogP contribution >= 0.6 is 0 Å². The van der Waals surface area contributed by atoms with E-state index in [2.05, 4.69) is 11.9 Å². The molecular formula is C17H26N2O4. The van der Waals surface area contributed by atoms with Crippen LogP contribution in [0.1, 0.15) is 37.3 Å². The van der Waals surface area contributed by atoms with Crippen molar-refractivity contribution in [1.29, 1.82) is 0 Å². The van der Waals surface area contributed by atoms with Crippen molar-refractivity contribution in [3.63, 3.8) is 0 Å². The van der Waals surface area contributed by atoms with Crippen molar-refractivity contribution in [1.82, 2.24) is 4.90 Å². The molecule has 3 N–H and O–H groups in total. The molecule has 0 aromatic heterocycles. The van der Waals surface area contributed by atoms with E-state index in [1.54, 1.807) is 7.11 Å². The molecule has 1 heterocycles. The van der Waals surface area contributed by atoms with Crippen LogP contribution in [0.2, 0.25) is 0 Å². The minimum Gasteiger partial charge on any atom is -0.493 e. The van der Waals surface area contributed by atoms with E-state index in [9.17, 15) is 4.79 Å². The number of piperidine rings is 1. The van der Waals surface area contributed by atoms with Gasteiger partial charge in [-0.1, -0.05) is 6.07 Å². The van der Waals surface area contributed by atoms with Crippen LogP contribution in [0.3, 0.4) is 0 Å². The molecule has 1 aromatic rings. The van der Waals surface area contributed by atoms with Gasteiger partial charge in [-0.3, -0.25) is 4.79 Å². The third-order valence-corrected chi connectivity index (χ3v) is 4.24. The number of aliphatic carboxylic acids is 1. The number of carboxylic acids is 1. The second-order valence-electron chi connectivity index (χ2n) is 6.07. The Labute approximate surface area is 137 Å². The van der Waals surface area contributed by atoms with Gasteiger partial charge < -0.3 is 25.2 Å². The van der Waals surface area contributed by atoms with Gasteiger partial charge in [0, 0.05) is 25.6 Å². The molecule has 0 bridgehead atoms. The molecule has 0 saturated carbocycles. The first-order chi connectivity index (χ1) is 11.0. The third-order valence-electron chi connectivity index (χ3n) is 4.24. The number of hydrogen-bond acceptors (Lipinski definition) is 5. The molecule has 128 valence electrons. The topological polar surface area (TPSA) is 85.0 Å². The van der Waals surface area contributed by atoms with Gasteiger partial charge in [-0.2, -0.15) is 0 Å². The highest BCUT2D eigenvalue weighted by atomic mass is 16.5. The molecule has 0 amide bonds. The smallest absolute Gasteiger partial charge is 0.303 e. The van der Waals surface area contributed by atoms with Crippen LogP contribution in [-0.4, -0.2) is 49.3 Å². The van der Waals surface area contributed by atoms with E-state index in [1.165, 1.54) is 0 Å². The lowest BCUT2D eigenvalue weighted by Gasteiger charge is -2.30. The molecule has 6 nitrogen and oxygen atoms in total. The number of carboxylic acid groups (broad SMARTS) is 1. The number of nitrogens with two attached hydrogens (primary N) is 1. The number of carbonyl (C=O) groups is 1. The molecule has 0 aliphatic carbocycles. The molecule has 1 atom stereocenters. The van der Waals surface area contributed by atoms with Gasteiger partial charge in [0.1, 0.15) is 6.10 Å². The highest BCUT2D eigenvalue weighted by molar-refractivity contribution is 5.66. The van der Waals surface area contributed by atoms with Gasteiger partial charge in [0.05, 0.1) is 7.11 Å². The van der Waals surface area contributed by atoms with Crippen LogP contribution < -0.4 is 15.2 Å². The summed E-state index contributed by atoms with van der Waals surface area (Å²) in [5.74, 6) is 0.528. The summed E-state index contributed by atoms with van der Waals surface area (Å²) in [4.78, 5) is 13.0. The summed E-state index contributed by atoms with van der Waals surface area (Å²) in [5.41, 5.74) is 6.96. The normalized spacial score (nSPS) is 17.7. The molecule has 2 rings (SSSR count). The zero-order valence-corrected chi connectivity index (χ0v) is 13.8. The van der Waals surface area contributed by atoms with Crippen LogP contribution in [0.25, 0.3) is 0 Å². The molecular weight excluding hydrogens is 296 g/mol. The summed E-state index contributed by atoms with van der Waals surface area (Å²) < 4.78 is 11.5. The number of benzene rings is 1. The minimum absolute atomic E-state index is 0.0539. The summed E-state index contributed by atoms with van der Waals surface area (Å²) in [6.45, 7) is 2.04. The Morgan fingerprint density at radius 1 is 1.39 bits per heavy atom. The third kappa shape index (κ3) is 5.11. The zero-order valence-electron chi connectivity index (χ0n) is 13.8. The Morgan fingerprint density at radius 3 is 2.70 bits per heavy atom.